The number of nitrogens with one attached hydrogen (secondary N) is 3. The summed E-state index contributed by atoms with van der Waals surface area (Å²) in [5, 5.41) is 6.86. The van der Waals surface area contributed by atoms with Gasteiger partial charge in [-0.1, -0.05) is 38.8 Å². The summed E-state index contributed by atoms with van der Waals surface area (Å²) in [4.78, 5) is 25.7. The highest BCUT2D eigenvalue weighted by Gasteiger charge is 2.28. The van der Waals surface area contributed by atoms with Crippen molar-refractivity contribution in [2.24, 2.45) is 0 Å². The third-order valence-electron chi connectivity index (χ3n) is 6.86. The molecule has 1 amide bonds. The molecule has 2 heterocycles. The van der Waals surface area contributed by atoms with E-state index in [2.05, 4.69) is 30.2 Å². The average molecular weight is 568 g/mol. The highest BCUT2D eigenvalue weighted by atomic mass is 35.5. The molecule has 2 atom stereocenters. The molecule has 4 rings (SSSR count). The van der Waals surface area contributed by atoms with Crippen LogP contribution in [0.4, 0.5) is 23.1 Å². The predicted octanol–water partition coefficient (Wildman–Crippen LogP) is 3.55. The summed E-state index contributed by atoms with van der Waals surface area (Å²) in [6.45, 7) is 6.31. The van der Waals surface area contributed by atoms with Gasteiger partial charge in [-0.3, -0.25) is 9.69 Å². The highest BCUT2D eigenvalue weighted by Crippen LogP contribution is 2.37. The standard InChI is InChI=1S/C24H34ClN7O4S.CH4/c1-4-31-13-15-10-21(36-3)19(11-20(15)32(5-2)22(33)14-31)28-24-26-12-16(25)23(29-24)27-17-8-6-7-9-18(17)30-37(34)35;/h10-12,17-18,37H,4-9,13-14H2,1-3H3,(H,30,34,35)(H2,26,27,28,29);1H4/t17-,18-;/m1./s1. The maximum absolute atomic E-state index is 12.9. The number of methoxy groups -OCH3 is 1. The lowest BCUT2D eigenvalue weighted by molar-refractivity contribution is -0.119. The first kappa shape index (κ1) is 29.9. The van der Waals surface area contributed by atoms with Crippen molar-refractivity contribution in [1.29, 1.82) is 0 Å². The predicted molar refractivity (Wildman–Crippen MR) is 152 cm³/mol. The molecule has 13 heteroatoms. The van der Waals surface area contributed by atoms with Gasteiger partial charge in [-0.2, -0.15) is 4.98 Å². The summed E-state index contributed by atoms with van der Waals surface area (Å²) in [6, 6.07) is 3.46. The molecule has 0 spiro atoms. The van der Waals surface area contributed by atoms with Gasteiger partial charge in [0.25, 0.3) is 0 Å². The molecular weight excluding hydrogens is 530 g/mol. The molecule has 0 saturated heterocycles. The van der Waals surface area contributed by atoms with Crippen LogP contribution in [-0.2, 0) is 22.2 Å². The molecular formula is C25H38ClN7O4S. The van der Waals surface area contributed by atoms with Gasteiger partial charge in [0, 0.05) is 25.2 Å². The van der Waals surface area contributed by atoms with Crippen LogP contribution in [0.5, 0.6) is 5.75 Å². The maximum Gasteiger partial charge on any atom is 0.241 e. The fourth-order valence-electron chi connectivity index (χ4n) is 4.95. The number of hydrogen-bond acceptors (Lipinski definition) is 9. The second-order valence-electron chi connectivity index (χ2n) is 9.17. The Morgan fingerprint density at radius 3 is 2.53 bits per heavy atom. The van der Waals surface area contributed by atoms with E-state index in [1.54, 1.807) is 12.0 Å². The number of benzene rings is 1. The molecule has 11 nitrogen and oxygen atoms in total. The van der Waals surface area contributed by atoms with Crippen LogP contribution in [-0.4, -0.2) is 68.0 Å². The Morgan fingerprint density at radius 2 is 1.87 bits per heavy atom. The smallest absolute Gasteiger partial charge is 0.241 e. The fourth-order valence-corrected chi connectivity index (χ4v) is 5.68. The largest absolute Gasteiger partial charge is 0.495 e. The quantitative estimate of drug-likeness (QED) is 0.336. The van der Waals surface area contributed by atoms with Gasteiger partial charge in [-0.25, -0.2) is 18.1 Å². The van der Waals surface area contributed by atoms with E-state index in [9.17, 15) is 13.2 Å². The third-order valence-corrected chi connectivity index (χ3v) is 7.68. The molecule has 1 aliphatic carbocycles. The van der Waals surface area contributed by atoms with E-state index in [1.807, 2.05) is 26.0 Å². The summed E-state index contributed by atoms with van der Waals surface area (Å²) >= 11 is 6.40. The minimum Gasteiger partial charge on any atom is -0.495 e. The molecule has 0 unspecified atom stereocenters. The second kappa shape index (κ2) is 13.4. The average Bonchev–Trinajstić information content (AvgIpc) is 3.01. The van der Waals surface area contributed by atoms with Crippen LogP contribution < -0.4 is 25.0 Å². The van der Waals surface area contributed by atoms with Crippen molar-refractivity contribution in [3.05, 3.63) is 28.9 Å². The van der Waals surface area contributed by atoms with E-state index >= 15 is 0 Å². The molecule has 1 saturated carbocycles. The first-order valence-electron chi connectivity index (χ1n) is 12.5. The van der Waals surface area contributed by atoms with Crippen molar-refractivity contribution in [2.75, 3.05) is 42.3 Å². The highest BCUT2D eigenvalue weighted by molar-refractivity contribution is 7.70. The van der Waals surface area contributed by atoms with Gasteiger partial charge in [0.1, 0.15) is 10.8 Å². The molecule has 210 valence electrons. The van der Waals surface area contributed by atoms with E-state index in [1.165, 1.54) is 6.20 Å². The minimum atomic E-state index is -2.71. The number of amides is 1. The zero-order valence-electron chi connectivity index (χ0n) is 21.3. The molecule has 3 N–H and O–H groups in total. The van der Waals surface area contributed by atoms with Gasteiger partial charge >= 0.3 is 0 Å². The normalized spacial score (nSPS) is 19.9. The zero-order valence-corrected chi connectivity index (χ0v) is 22.9. The van der Waals surface area contributed by atoms with Crippen LogP contribution in [0.2, 0.25) is 5.02 Å². The SMILES string of the molecule is C.CCN1CC(=O)N(CC)c2cc(Nc3ncc(Cl)c(N[C@@H]4CCCC[C@H]4N[SH](=O)=O)n3)c(OC)cc2C1. The lowest BCUT2D eigenvalue weighted by atomic mass is 9.91. The van der Waals surface area contributed by atoms with Gasteiger partial charge in [-0.15, -0.1) is 0 Å². The van der Waals surface area contributed by atoms with Crippen LogP contribution in [0.25, 0.3) is 0 Å². The Morgan fingerprint density at radius 1 is 1.13 bits per heavy atom. The number of rotatable bonds is 9. The number of fused-ring (bicyclic) bond motifs is 1. The summed E-state index contributed by atoms with van der Waals surface area (Å²) in [5.74, 6) is 1.35. The molecule has 1 aromatic heterocycles. The van der Waals surface area contributed by atoms with Gasteiger partial charge in [0.15, 0.2) is 5.82 Å². The van der Waals surface area contributed by atoms with Gasteiger partial charge < -0.3 is 20.3 Å². The number of carbonyl (C=O) groups excluding carboxylic acids is 1. The maximum atomic E-state index is 12.9. The Bertz CT molecular complexity index is 1200. The second-order valence-corrected chi connectivity index (χ2v) is 10.3. The van der Waals surface area contributed by atoms with Crippen molar-refractivity contribution < 1.29 is 17.9 Å². The topological polar surface area (TPSA) is 129 Å². The van der Waals surface area contributed by atoms with Crippen LogP contribution >= 0.6 is 11.6 Å². The number of halogens is 1. The molecule has 1 aliphatic heterocycles. The van der Waals surface area contributed by atoms with Crippen LogP contribution in [0.15, 0.2) is 18.3 Å². The number of nitrogens with zero attached hydrogens (tertiary/aromatic N) is 4. The molecule has 0 radical (unpaired) electrons. The number of carbonyl (C=O) groups is 1. The van der Waals surface area contributed by atoms with Gasteiger partial charge in [-0.05, 0) is 44.0 Å². The Hall–Kier alpha value is -2.67. The molecule has 2 aromatic rings. The lowest BCUT2D eigenvalue weighted by Crippen LogP contribution is -2.45. The Labute approximate surface area is 231 Å². The van der Waals surface area contributed by atoms with Crippen LogP contribution in [0.1, 0.15) is 52.5 Å². The van der Waals surface area contributed by atoms with Crippen molar-refractivity contribution >= 4 is 51.5 Å². The zero-order chi connectivity index (χ0) is 26.5. The molecule has 1 aromatic carbocycles. The number of thiol groups is 1. The van der Waals surface area contributed by atoms with E-state index in [-0.39, 0.29) is 25.4 Å². The number of ether oxygens (including phenoxy) is 1. The van der Waals surface area contributed by atoms with E-state index in [0.29, 0.717) is 47.9 Å². The summed E-state index contributed by atoms with van der Waals surface area (Å²) < 4.78 is 30.8. The van der Waals surface area contributed by atoms with E-state index in [0.717, 1.165) is 43.5 Å². The minimum absolute atomic E-state index is 0. The molecule has 1 fully saturated rings. The first-order chi connectivity index (χ1) is 17.8. The van der Waals surface area contributed by atoms with Gasteiger partial charge in [0.2, 0.25) is 22.7 Å². The lowest BCUT2D eigenvalue weighted by Gasteiger charge is -2.31. The van der Waals surface area contributed by atoms with Gasteiger partial charge in [0.05, 0.1) is 31.2 Å². The van der Waals surface area contributed by atoms with Crippen molar-refractivity contribution in [2.45, 2.75) is 65.6 Å². The number of likely N-dealkylation sites (N-methyl/N-ethyl adjacent to an activating group) is 2. The molecule has 38 heavy (non-hydrogen) atoms. The Balaban J connectivity index is 0.00000400. The number of anilines is 4. The van der Waals surface area contributed by atoms with Crippen molar-refractivity contribution in [3.63, 3.8) is 0 Å². The van der Waals surface area contributed by atoms with Crippen LogP contribution in [0.3, 0.4) is 0 Å². The van der Waals surface area contributed by atoms with E-state index < -0.39 is 10.9 Å². The van der Waals surface area contributed by atoms with Crippen LogP contribution in [0, 0.1) is 0 Å². The molecule has 2 aliphatic rings. The Kier molecular flexibility index (Phi) is 10.5. The summed E-state index contributed by atoms with van der Waals surface area (Å²) in [6.07, 6.45) is 4.96. The summed E-state index contributed by atoms with van der Waals surface area (Å²) in [5.41, 5.74) is 2.44. The first-order valence-corrected chi connectivity index (χ1v) is 14.1. The summed E-state index contributed by atoms with van der Waals surface area (Å²) in [7, 11) is -1.12. The van der Waals surface area contributed by atoms with Crippen molar-refractivity contribution in [3.8, 4) is 5.75 Å². The fraction of sp³-hybridized carbons (Fsp3) is 0.560. The van der Waals surface area contributed by atoms with E-state index in [4.69, 9.17) is 16.3 Å². The molecule has 0 bridgehead atoms. The number of aromatic nitrogens is 2. The number of hydrogen-bond donors (Lipinski definition) is 4. The third kappa shape index (κ3) is 6.85. The van der Waals surface area contributed by atoms with Crippen molar-refractivity contribution in [1.82, 2.24) is 19.6 Å². The monoisotopic (exact) mass is 567 g/mol.